The van der Waals surface area contributed by atoms with E-state index in [1.54, 1.807) is 24.1 Å². The monoisotopic (exact) mass is 290 g/mol. The van der Waals surface area contributed by atoms with Gasteiger partial charge < -0.3 is 9.64 Å². The molecule has 1 heterocycles. The topological polar surface area (TPSA) is 59.5 Å². The smallest absolute Gasteiger partial charge is 0.310 e. The summed E-state index contributed by atoms with van der Waals surface area (Å²) in [5.41, 5.74) is 1.70. The summed E-state index contributed by atoms with van der Waals surface area (Å²) in [6.07, 6.45) is 3.25. The summed E-state index contributed by atoms with van der Waals surface area (Å²) >= 11 is 0. The number of methoxy groups -OCH3 is 1. The van der Waals surface area contributed by atoms with Gasteiger partial charge >= 0.3 is 5.97 Å². The third-order valence-corrected chi connectivity index (χ3v) is 2.90. The van der Waals surface area contributed by atoms with Crippen molar-refractivity contribution >= 4 is 11.9 Å². The fraction of sp³-hybridized carbons (Fsp3) is 0.438. The maximum absolute atomic E-state index is 12.3. The van der Waals surface area contributed by atoms with Gasteiger partial charge in [0.2, 0.25) is 5.91 Å². The van der Waals surface area contributed by atoms with Crippen LogP contribution >= 0.6 is 0 Å². The van der Waals surface area contributed by atoms with Crippen LogP contribution < -0.4 is 0 Å². The number of allylic oxidation sites excluding steroid dienone is 1. The second kappa shape index (κ2) is 8.19. The average molecular weight is 290 g/mol. The highest BCUT2D eigenvalue weighted by Crippen LogP contribution is 2.09. The molecular formula is C16H22N2O3. The fourth-order valence-electron chi connectivity index (χ4n) is 1.86. The van der Waals surface area contributed by atoms with E-state index in [0.717, 1.165) is 11.3 Å². The molecular weight excluding hydrogens is 268 g/mol. The van der Waals surface area contributed by atoms with E-state index in [9.17, 15) is 9.59 Å². The standard InChI is InChI=1S/C16H22N2O3/c1-12(2)9-15(19)18(10-13(3)16(20)21-4)11-14-7-5-6-8-17-14/h5-9,13H,10-11H2,1-4H3. The zero-order valence-electron chi connectivity index (χ0n) is 13.0. The second-order valence-electron chi connectivity index (χ2n) is 5.19. The van der Waals surface area contributed by atoms with E-state index in [0.29, 0.717) is 13.1 Å². The Morgan fingerprint density at radius 2 is 2.10 bits per heavy atom. The molecule has 0 saturated carbocycles. The summed E-state index contributed by atoms with van der Waals surface area (Å²) in [6.45, 7) is 6.13. The van der Waals surface area contributed by atoms with Gasteiger partial charge in [-0.3, -0.25) is 14.6 Å². The molecule has 0 aromatic carbocycles. The molecule has 0 aliphatic heterocycles. The van der Waals surface area contributed by atoms with Crippen molar-refractivity contribution < 1.29 is 14.3 Å². The predicted molar refractivity (Wildman–Crippen MR) is 80.3 cm³/mol. The molecule has 1 rings (SSSR count). The van der Waals surface area contributed by atoms with Gasteiger partial charge in [-0.2, -0.15) is 0 Å². The molecule has 1 unspecified atom stereocenters. The highest BCUT2D eigenvalue weighted by Gasteiger charge is 2.21. The molecule has 0 saturated heterocycles. The minimum absolute atomic E-state index is 0.128. The third-order valence-electron chi connectivity index (χ3n) is 2.90. The summed E-state index contributed by atoms with van der Waals surface area (Å²) < 4.78 is 4.72. The second-order valence-corrected chi connectivity index (χ2v) is 5.19. The maximum atomic E-state index is 12.3. The number of rotatable bonds is 6. The Labute approximate surface area is 125 Å². The first-order valence-electron chi connectivity index (χ1n) is 6.85. The highest BCUT2D eigenvalue weighted by atomic mass is 16.5. The first-order chi connectivity index (χ1) is 9.93. The van der Waals surface area contributed by atoms with E-state index in [4.69, 9.17) is 4.74 Å². The van der Waals surface area contributed by atoms with Crippen LogP contribution in [0.5, 0.6) is 0 Å². The zero-order valence-corrected chi connectivity index (χ0v) is 13.0. The van der Waals surface area contributed by atoms with E-state index in [1.807, 2.05) is 32.0 Å². The van der Waals surface area contributed by atoms with Gasteiger partial charge in [0, 0.05) is 18.8 Å². The number of pyridine rings is 1. The minimum Gasteiger partial charge on any atom is -0.469 e. The number of carbonyl (C=O) groups excluding carboxylic acids is 2. The Morgan fingerprint density at radius 1 is 1.38 bits per heavy atom. The zero-order chi connectivity index (χ0) is 15.8. The predicted octanol–water partition coefficient (Wildman–Crippen LogP) is 2.19. The van der Waals surface area contributed by atoms with Gasteiger partial charge in [0.1, 0.15) is 0 Å². The number of aromatic nitrogens is 1. The van der Waals surface area contributed by atoms with Crippen LogP contribution in [0.3, 0.4) is 0 Å². The fourth-order valence-corrected chi connectivity index (χ4v) is 1.86. The van der Waals surface area contributed by atoms with Crippen molar-refractivity contribution in [1.29, 1.82) is 0 Å². The Kier molecular flexibility index (Phi) is 6.59. The minimum atomic E-state index is -0.381. The summed E-state index contributed by atoms with van der Waals surface area (Å²) in [7, 11) is 1.35. The van der Waals surface area contributed by atoms with Crippen LogP contribution in [0, 0.1) is 5.92 Å². The van der Waals surface area contributed by atoms with Gasteiger partial charge in [-0.05, 0) is 26.0 Å². The lowest BCUT2D eigenvalue weighted by Gasteiger charge is -2.23. The number of hydrogen-bond acceptors (Lipinski definition) is 4. The number of esters is 1. The molecule has 1 aromatic heterocycles. The molecule has 1 atom stereocenters. The lowest BCUT2D eigenvalue weighted by Crippen LogP contribution is -2.36. The van der Waals surface area contributed by atoms with Crippen LogP contribution in [0.1, 0.15) is 26.5 Å². The number of amides is 1. The van der Waals surface area contributed by atoms with Crippen LogP contribution in [0.15, 0.2) is 36.0 Å². The van der Waals surface area contributed by atoms with Crippen LogP contribution in [0.2, 0.25) is 0 Å². The molecule has 0 bridgehead atoms. The molecule has 0 spiro atoms. The Morgan fingerprint density at radius 3 is 2.62 bits per heavy atom. The van der Waals surface area contributed by atoms with Crippen molar-refractivity contribution in [3.8, 4) is 0 Å². The van der Waals surface area contributed by atoms with Crippen LogP contribution in [-0.2, 0) is 20.9 Å². The van der Waals surface area contributed by atoms with Gasteiger partial charge in [0.25, 0.3) is 0 Å². The number of ether oxygens (including phenoxy) is 1. The van der Waals surface area contributed by atoms with Gasteiger partial charge in [-0.15, -0.1) is 0 Å². The molecule has 5 heteroatoms. The summed E-state index contributed by atoms with van der Waals surface area (Å²) in [6, 6.07) is 5.55. The Bertz CT molecular complexity index is 508. The highest BCUT2D eigenvalue weighted by molar-refractivity contribution is 5.88. The molecule has 0 N–H and O–H groups in total. The molecule has 5 nitrogen and oxygen atoms in total. The van der Waals surface area contributed by atoms with Crippen molar-refractivity contribution in [3.05, 3.63) is 41.7 Å². The first kappa shape index (κ1) is 16.9. The lowest BCUT2D eigenvalue weighted by molar-refractivity contribution is -0.146. The van der Waals surface area contributed by atoms with Gasteiger partial charge in [-0.1, -0.05) is 18.6 Å². The van der Waals surface area contributed by atoms with Crippen molar-refractivity contribution in [3.63, 3.8) is 0 Å². The van der Waals surface area contributed by atoms with Gasteiger partial charge in [0.15, 0.2) is 0 Å². The maximum Gasteiger partial charge on any atom is 0.310 e. The Balaban J connectivity index is 2.87. The van der Waals surface area contributed by atoms with Gasteiger partial charge in [0.05, 0.1) is 25.3 Å². The summed E-state index contributed by atoms with van der Waals surface area (Å²) in [5.74, 6) is -0.837. The third kappa shape index (κ3) is 5.77. The van der Waals surface area contributed by atoms with Crippen molar-refractivity contribution in [1.82, 2.24) is 9.88 Å². The molecule has 0 aliphatic rings. The Hall–Kier alpha value is -2.17. The normalized spacial score (nSPS) is 11.4. The largest absolute Gasteiger partial charge is 0.469 e. The summed E-state index contributed by atoms with van der Waals surface area (Å²) in [4.78, 5) is 29.7. The quantitative estimate of drug-likeness (QED) is 0.595. The van der Waals surface area contributed by atoms with E-state index in [-0.39, 0.29) is 17.8 Å². The van der Waals surface area contributed by atoms with Crippen LogP contribution in [-0.4, -0.2) is 35.4 Å². The van der Waals surface area contributed by atoms with Crippen molar-refractivity contribution in [2.75, 3.05) is 13.7 Å². The molecule has 0 fully saturated rings. The molecule has 0 aliphatic carbocycles. The molecule has 0 radical (unpaired) electrons. The molecule has 1 aromatic rings. The number of hydrogen-bond donors (Lipinski definition) is 0. The molecule has 114 valence electrons. The average Bonchev–Trinajstić information content (AvgIpc) is 2.45. The lowest BCUT2D eigenvalue weighted by atomic mass is 10.1. The number of carbonyl (C=O) groups is 2. The summed E-state index contributed by atoms with van der Waals surface area (Å²) in [5, 5.41) is 0. The van der Waals surface area contributed by atoms with Gasteiger partial charge in [-0.25, -0.2) is 0 Å². The SMILES string of the molecule is COC(=O)C(C)CN(Cc1ccccn1)C(=O)C=C(C)C. The van der Waals surface area contributed by atoms with E-state index in [1.165, 1.54) is 7.11 Å². The van der Waals surface area contributed by atoms with Crippen molar-refractivity contribution in [2.24, 2.45) is 5.92 Å². The van der Waals surface area contributed by atoms with Crippen LogP contribution in [0.25, 0.3) is 0 Å². The first-order valence-corrected chi connectivity index (χ1v) is 6.85. The van der Waals surface area contributed by atoms with E-state index >= 15 is 0 Å². The number of nitrogens with zero attached hydrogens (tertiary/aromatic N) is 2. The van der Waals surface area contributed by atoms with E-state index < -0.39 is 0 Å². The van der Waals surface area contributed by atoms with Crippen LogP contribution in [0.4, 0.5) is 0 Å². The van der Waals surface area contributed by atoms with E-state index in [2.05, 4.69) is 4.98 Å². The van der Waals surface area contributed by atoms with Crippen molar-refractivity contribution in [2.45, 2.75) is 27.3 Å². The molecule has 21 heavy (non-hydrogen) atoms. The molecule has 1 amide bonds.